The third kappa shape index (κ3) is 3.72. The third-order valence-corrected chi connectivity index (χ3v) is 3.84. The molecule has 0 saturated carbocycles. The normalized spacial score (nSPS) is 10.6. The van der Waals surface area contributed by atoms with Gasteiger partial charge in [-0.3, -0.25) is 9.78 Å². The Morgan fingerprint density at radius 1 is 0.963 bits per heavy atom. The van der Waals surface area contributed by atoms with Crippen LogP contribution in [0.1, 0.15) is 10.4 Å². The van der Waals surface area contributed by atoms with Crippen LogP contribution in [0.15, 0.2) is 77.6 Å². The van der Waals surface area contributed by atoms with E-state index in [4.69, 9.17) is 4.52 Å². The van der Waals surface area contributed by atoms with Crippen LogP contribution in [0, 0.1) is 5.82 Å². The van der Waals surface area contributed by atoms with Crippen molar-refractivity contribution in [2.75, 3.05) is 5.32 Å². The van der Waals surface area contributed by atoms with Gasteiger partial charge in [-0.2, -0.15) is 4.98 Å². The molecule has 0 unspecified atom stereocenters. The van der Waals surface area contributed by atoms with E-state index >= 15 is 0 Å². The molecule has 1 N–H and O–H groups in total. The standard InChI is InChI=1S/C20H13FN4O2/c21-16-7-3-14(4-8-16)19(26)23-17-9-5-13(6-10-17)18-24-20(27-25-18)15-2-1-11-22-12-15/h1-12H,(H,23,26). The summed E-state index contributed by atoms with van der Waals surface area (Å²) >= 11 is 0. The number of carbonyl (C=O) groups is 1. The Kier molecular flexibility index (Phi) is 4.40. The first kappa shape index (κ1) is 16.6. The van der Waals surface area contributed by atoms with Gasteiger partial charge in [-0.1, -0.05) is 5.16 Å². The number of aromatic nitrogens is 3. The predicted molar refractivity (Wildman–Crippen MR) is 97.3 cm³/mol. The Bertz CT molecular complexity index is 1060. The predicted octanol–water partition coefficient (Wildman–Crippen LogP) is 4.19. The van der Waals surface area contributed by atoms with E-state index in [-0.39, 0.29) is 11.7 Å². The number of carbonyl (C=O) groups excluding carboxylic acids is 1. The summed E-state index contributed by atoms with van der Waals surface area (Å²) in [5, 5.41) is 6.73. The van der Waals surface area contributed by atoms with Crippen molar-refractivity contribution in [2.45, 2.75) is 0 Å². The number of anilines is 1. The highest BCUT2D eigenvalue weighted by atomic mass is 19.1. The lowest BCUT2D eigenvalue weighted by atomic mass is 10.1. The van der Waals surface area contributed by atoms with Crippen molar-refractivity contribution in [2.24, 2.45) is 0 Å². The fourth-order valence-corrected chi connectivity index (χ4v) is 2.45. The lowest BCUT2D eigenvalue weighted by Gasteiger charge is -2.05. The van der Waals surface area contributed by atoms with E-state index in [1.165, 1.54) is 24.3 Å². The molecule has 4 aromatic rings. The number of hydrogen-bond acceptors (Lipinski definition) is 5. The fourth-order valence-electron chi connectivity index (χ4n) is 2.45. The molecule has 0 aliphatic carbocycles. The Hall–Kier alpha value is -3.87. The number of amides is 1. The van der Waals surface area contributed by atoms with Gasteiger partial charge in [-0.15, -0.1) is 0 Å². The van der Waals surface area contributed by atoms with Gasteiger partial charge in [-0.25, -0.2) is 4.39 Å². The number of benzene rings is 2. The molecule has 6 nitrogen and oxygen atoms in total. The Morgan fingerprint density at radius 3 is 2.44 bits per heavy atom. The van der Waals surface area contributed by atoms with Crippen LogP contribution in [-0.2, 0) is 0 Å². The lowest BCUT2D eigenvalue weighted by Crippen LogP contribution is -2.11. The minimum atomic E-state index is -0.387. The van der Waals surface area contributed by atoms with E-state index in [0.717, 1.165) is 11.1 Å². The molecule has 7 heteroatoms. The summed E-state index contributed by atoms with van der Waals surface area (Å²) in [4.78, 5) is 20.5. The minimum Gasteiger partial charge on any atom is -0.334 e. The fraction of sp³-hybridized carbons (Fsp3) is 0. The van der Waals surface area contributed by atoms with E-state index in [1.807, 2.05) is 6.07 Å². The summed E-state index contributed by atoms with van der Waals surface area (Å²) in [5.41, 5.74) is 2.46. The monoisotopic (exact) mass is 360 g/mol. The summed E-state index contributed by atoms with van der Waals surface area (Å²) < 4.78 is 18.2. The molecule has 0 atom stereocenters. The van der Waals surface area contributed by atoms with Gasteiger partial charge in [0.2, 0.25) is 5.82 Å². The molecule has 0 bridgehead atoms. The highest BCUT2D eigenvalue weighted by Gasteiger charge is 2.11. The zero-order chi connectivity index (χ0) is 18.6. The van der Waals surface area contributed by atoms with Crippen LogP contribution in [0.4, 0.5) is 10.1 Å². The number of pyridine rings is 1. The van der Waals surface area contributed by atoms with Gasteiger partial charge in [0, 0.05) is 29.2 Å². The highest BCUT2D eigenvalue weighted by Crippen LogP contribution is 2.23. The molecule has 27 heavy (non-hydrogen) atoms. The Balaban J connectivity index is 1.48. The van der Waals surface area contributed by atoms with Crippen molar-refractivity contribution in [1.29, 1.82) is 0 Å². The quantitative estimate of drug-likeness (QED) is 0.590. The van der Waals surface area contributed by atoms with Crippen molar-refractivity contribution in [3.8, 4) is 22.8 Å². The average molecular weight is 360 g/mol. The molecule has 4 rings (SSSR count). The first-order valence-corrected chi connectivity index (χ1v) is 8.10. The number of nitrogens with one attached hydrogen (secondary N) is 1. The molecule has 0 saturated heterocycles. The van der Waals surface area contributed by atoms with Gasteiger partial charge in [0.15, 0.2) is 0 Å². The second kappa shape index (κ2) is 7.17. The highest BCUT2D eigenvalue weighted by molar-refractivity contribution is 6.04. The van der Waals surface area contributed by atoms with Gasteiger partial charge in [0.1, 0.15) is 5.82 Å². The molecule has 0 aliphatic rings. The van der Waals surface area contributed by atoms with Gasteiger partial charge >= 0.3 is 0 Å². The first-order chi connectivity index (χ1) is 13.2. The maximum atomic E-state index is 12.9. The van der Waals surface area contributed by atoms with E-state index in [1.54, 1.807) is 42.7 Å². The summed E-state index contributed by atoms with van der Waals surface area (Å²) in [6.07, 6.45) is 3.31. The molecule has 2 aromatic carbocycles. The van der Waals surface area contributed by atoms with Gasteiger partial charge in [-0.05, 0) is 60.7 Å². The van der Waals surface area contributed by atoms with Crippen molar-refractivity contribution < 1.29 is 13.7 Å². The van der Waals surface area contributed by atoms with E-state index in [0.29, 0.717) is 23.0 Å². The number of nitrogens with zero attached hydrogens (tertiary/aromatic N) is 3. The van der Waals surface area contributed by atoms with E-state index < -0.39 is 0 Å². The van der Waals surface area contributed by atoms with Crippen molar-refractivity contribution in [3.63, 3.8) is 0 Å². The second-order valence-corrected chi connectivity index (χ2v) is 5.70. The molecular weight excluding hydrogens is 347 g/mol. The van der Waals surface area contributed by atoms with Crippen LogP contribution in [0.2, 0.25) is 0 Å². The smallest absolute Gasteiger partial charge is 0.259 e. The van der Waals surface area contributed by atoms with Crippen molar-refractivity contribution in [3.05, 3.63) is 84.4 Å². The van der Waals surface area contributed by atoms with Crippen LogP contribution >= 0.6 is 0 Å². The summed E-state index contributed by atoms with van der Waals surface area (Å²) in [7, 11) is 0. The maximum absolute atomic E-state index is 12.9. The molecule has 0 spiro atoms. The van der Waals surface area contributed by atoms with E-state index in [2.05, 4.69) is 20.4 Å². The van der Waals surface area contributed by atoms with Crippen LogP contribution in [0.25, 0.3) is 22.8 Å². The summed E-state index contributed by atoms with van der Waals surface area (Å²) in [6.45, 7) is 0. The lowest BCUT2D eigenvalue weighted by molar-refractivity contribution is 0.102. The van der Waals surface area contributed by atoms with Crippen LogP contribution in [0.5, 0.6) is 0 Å². The average Bonchev–Trinajstić information content (AvgIpc) is 3.20. The molecule has 0 aliphatic heterocycles. The molecule has 2 aromatic heterocycles. The third-order valence-electron chi connectivity index (χ3n) is 3.84. The van der Waals surface area contributed by atoms with Gasteiger partial charge in [0.25, 0.3) is 11.8 Å². The molecule has 0 fully saturated rings. The Labute approximate surface area is 153 Å². The van der Waals surface area contributed by atoms with Gasteiger partial charge < -0.3 is 9.84 Å². The van der Waals surface area contributed by atoms with Crippen molar-refractivity contribution >= 4 is 11.6 Å². The second-order valence-electron chi connectivity index (χ2n) is 5.70. The molecule has 2 heterocycles. The molecule has 132 valence electrons. The molecular formula is C20H13FN4O2. The van der Waals surface area contributed by atoms with Gasteiger partial charge in [0.05, 0.1) is 5.56 Å². The topological polar surface area (TPSA) is 80.9 Å². The Morgan fingerprint density at radius 2 is 1.74 bits per heavy atom. The molecule has 0 radical (unpaired) electrons. The van der Waals surface area contributed by atoms with Crippen LogP contribution in [0.3, 0.4) is 0 Å². The number of rotatable bonds is 4. The SMILES string of the molecule is O=C(Nc1ccc(-c2noc(-c3cccnc3)n2)cc1)c1ccc(F)cc1. The maximum Gasteiger partial charge on any atom is 0.259 e. The minimum absolute atomic E-state index is 0.318. The number of halogens is 1. The largest absolute Gasteiger partial charge is 0.334 e. The zero-order valence-electron chi connectivity index (χ0n) is 14.0. The van der Waals surface area contributed by atoms with Crippen LogP contribution in [-0.4, -0.2) is 21.0 Å². The molecule has 1 amide bonds. The first-order valence-electron chi connectivity index (χ1n) is 8.10. The number of hydrogen-bond donors (Lipinski definition) is 1. The van der Waals surface area contributed by atoms with Crippen molar-refractivity contribution in [1.82, 2.24) is 15.1 Å². The summed E-state index contributed by atoms with van der Waals surface area (Å²) in [6, 6.07) is 16.0. The summed E-state index contributed by atoms with van der Waals surface area (Å²) in [5.74, 6) is 0.111. The van der Waals surface area contributed by atoms with E-state index in [9.17, 15) is 9.18 Å². The van der Waals surface area contributed by atoms with Crippen LogP contribution < -0.4 is 5.32 Å². The zero-order valence-corrected chi connectivity index (χ0v) is 14.0.